The van der Waals surface area contributed by atoms with E-state index in [4.69, 9.17) is 28.6 Å². The molecule has 1 aromatic heterocycles. The zero-order chi connectivity index (χ0) is 18.8. The fourth-order valence-corrected chi connectivity index (χ4v) is 3.82. The van der Waals surface area contributed by atoms with Crippen LogP contribution in [0, 0.1) is 5.41 Å². The maximum Gasteiger partial charge on any atom is 0.203 e. The van der Waals surface area contributed by atoms with Crippen LogP contribution in [-0.2, 0) is 19.5 Å². The minimum Gasteiger partial charge on any atom is -0.310 e. The van der Waals surface area contributed by atoms with Crippen LogP contribution in [0.25, 0.3) is 11.0 Å². The molecule has 0 aliphatic rings. The summed E-state index contributed by atoms with van der Waals surface area (Å²) in [5, 5.41) is 9.44. The Morgan fingerprint density at radius 3 is 2.54 bits per heavy atom. The van der Waals surface area contributed by atoms with Crippen molar-refractivity contribution in [1.29, 1.82) is 5.41 Å². The number of nitrogens with one attached hydrogen (secondary N) is 1. The number of hydrogen-bond donors (Lipinski definition) is 1. The average molecular weight is 390 g/mol. The highest BCUT2D eigenvalue weighted by atomic mass is 35.5. The Balaban J connectivity index is 2.12. The first-order chi connectivity index (χ1) is 12.5. The quantitative estimate of drug-likeness (QED) is 0.586. The lowest BCUT2D eigenvalue weighted by atomic mass is 10.1. The summed E-state index contributed by atoms with van der Waals surface area (Å²) in [5.74, 6) is -0.136. The fraction of sp³-hybridized carbons (Fsp3) is 0.300. The zero-order valence-corrected chi connectivity index (χ0v) is 16.4. The van der Waals surface area contributed by atoms with Crippen molar-refractivity contribution < 1.29 is 4.79 Å². The Kier molecular flexibility index (Phi) is 5.54. The molecule has 0 atom stereocenters. The van der Waals surface area contributed by atoms with Crippen LogP contribution in [0.4, 0.5) is 0 Å². The van der Waals surface area contributed by atoms with E-state index in [1.165, 1.54) is 5.56 Å². The molecule has 1 heterocycles. The van der Waals surface area contributed by atoms with Crippen LogP contribution in [0.15, 0.2) is 36.4 Å². The number of hydrogen-bond acceptors (Lipinski definition) is 2. The normalized spacial score (nSPS) is 11.2. The zero-order valence-electron chi connectivity index (χ0n) is 14.9. The molecule has 4 nitrogen and oxygen atoms in total. The Hall–Kier alpha value is -2.04. The number of carbonyl (C=O) groups is 1. The Labute approximate surface area is 162 Å². The first-order valence-electron chi connectivity index (χ1n) is 8.71. The van der Waals surface area contributed by atoms with Crippen LogP contribution in [0.1, 0.15) is 36.2 Å². The minimum atomic E-state index is -0.136. The third kappa shape index (κ3) is 3.31. The van der Waals surface area contributed by atoms with Crippen LogP contribution >= 0.6 is 23.2 Å². The van der Waals surface area contributed by atoms with E-state index in [1.807, 2.05) is 16.7 Å². The van der Waals surface area contributed by atoms with Gasteiger partial charge in [-0.2, -0.15) is 0 Å². The fourth-order valence-electron chi connectivity index (χ4n) is 3.30. The molecule has 2 aromatic carbocycles. The van der Waals surface area contributed by atoms with Gasteiger partial charge in [0.05, 0.1) is 22.6 Å². The summed E-state index contributed by atoms with van der Waals surface area (Å²) in [6, 6.07) is 10.9. The van der Waals surface area contributed by atoms with Gasteiger partial charge in [0.15, 0.2) is 5.78 Å². The summed E-state index contributed by atoms with van der Waals surface area (Å²) < 4.78 is 3.75. The van der Waals surface area contributed by atoms with Crippen LogP contribution in [0.3, 0.4) is 0 Å². The molecular formula is C20H21Cl2N3O. The number of nitrogens with zero attached hydrogens (tertiary/aromatic N) is 2. The largest absolute Gasteiger partial charge is 0.310 e. The summed E-state index contributed by atoms with van der Waals surface area (Å²) >= 11 is 12.1. The molecule has 0 aliphatic carbocycles. The summed E-state index contributed by atoms with van der Waals surface area (Å²) in [7, 11) is 0. The van der Waals surface area contributed by atoms with Gasteiger partial charge in [-0.3, -0.25) is 10.2 Å². The van der Waals surface area contributed by atoms with Gasteiger partial charge in [-0.15, -0.1) is 0 Å². The summed E-state index contributed by atoms with van der Waals surface area (Å²) in [4.78, 5) is 12.8. The Morgan fingerprint density at radius 1 is 1.12 bits per heavy atom. The van der Waals surface area contributed by atoms with Gasteiger partial charge < -0.3 is 9.13 Å². The van der Waals surface area contributed by atoms with Gasteiger partial charge in [0.1, 0.15) is 0 Å². The van der Waals surface area contributed by atoms with E-state index in [0.29, 0.717) is 21.2 Å². The number of para-hydroxylation sites is 1. The van der Waals surface area contributed by atoms with E-state index in [2.05, 4.69) is 19.9 Å². The minimum absolute atomic E-state index is 0.0700. The smallest absolute Gasteiger partial charge is 0.203 e. The lowest BCUT2D eigenvalue weighted by molar-refractivity contribution is 0.0971. The number of rotatable bonds is 6. The molecule has 0 saturated carbocycles. The number of fused-ring (bicyclic) bond motifs is 1. The SMILES string of the molecule is CCCn1c(=N)n(CC(=O)c2ccc(Cl)cc2Cl)c2cccc(CC)c21. The number of benzene rings is 2. The van der Waals surface area contributed by atoms with Crippen molar-refractivity contribution in [2.24, 2.45) is 0 Å². The molecule has 0 fully saturated rings. The molecule has 0 unspecified atom stereocenters. The second-order valence-electron chi connectivity index (χ2n) is 6.25. The van der Waals surface area contributed by atoms with E-state index in [0.717, 1.165) is 30.4 Å². The number of Topliss-reactive ketones (excluding diaryl/α,β-unsaturated/α-hetero) is 1. The molecule has 6 heteroatoms. The van der Waals surface area contributed by atoms with Gasteiger partial charge in [0.2, 0.25) is 5.62 Å². The highest BCUT2D eigenvalue weighted by Gasteiger charge is 2.17. The van der Waals surface area contributed by atoms with Gasteiger partial charge in [-0.1, -0.05) is 49.2 Å². The standard InChI is InChI=1S/C20H21Cl2N3O/c1-3-10-24-19-13(4-2)6-5-7-17(19)25(20(24)23)12-18(26)15-9-8-14(21)11-16(15)22/h5-9,11,23H,3-4,10,12H2,1-2H3. The average Bonchev–Trinajstić information content (AvgIpc) is 2.87. The van der Waals surface area contributed by atoms with Gasteiger partial charge >= 0.3 is 0 Å². The summed E-state index contributed by atoms with van der Waals surface area (Å²) in [5.41, 5.74) is 3.88. The molecule has 26 heavy (non-hydrogen) atoms. The third-order valence-corrected chi connectivity index (χ3v) is 5.08. The van der Waals surface area contributed by atoms with Gasteiger partial charge in [-0.05, 0) is 42.7 Å². The van der Waals surface area contributed by atoms with E-state index in [9.17, 15) is 4.79 Å². The molecule has 3 rings (SSSR count). The van der Waals surface area contributed by atoms with E-state index < -0.39 is 0 Å². The van der Waals surface area contributed by atoms with Gasteiger partial charge in [0.25, 0.3) is 0 Å². The lowest BCUT2D eigenvalue weighted by Gasteiger charge is -2.07. The van der Waals surface area contributed by atoms with Crippen molar-refractivity contribution in [2.75, 3.05) is 0 Å². The van der Waals surface area contributed by atoms with Crippen molar-refractivity contribution in [3.63, 3.8) is 0 Å². The van der Waals surface area contributed by atoms with Crippen LogP contribution in [0.5, 0.6) is 0 Å². The van der Waals surface area contributed by atoms with Crippen molar-refractivity contribution in [3.05, 3.63) is 63.2 Å². The van der Waals surface area contributed by atoms with Crippen molar-refractivity contribution in [2.45, 2.75) is 39.8 Å². The number of halogens is 2. The van der Waals surface area contributed by atoms with Crippen LogP contribution in [0.2, 0.25) is 10.0 Å². The highest BCUT2D eigenvalue weighted by Crippen LogP contribution is 2.23. The molecule has 0 radical (unpaired) electrons. The monoisotopic (exact) mass is 389 g/mol. The topological polar surface area (TPSA) is 50.8 Å². The summed E-state index contributed by atoms with van der Waals surface area (Å²) in [6.45, 7) is 5.00. The molecule has 0 spiro atoms. The van der Waals surface area contributed by atoms with Gasteiger partial charge in [-0.25, -0.2) is 0 Å². The number of imidazole rings is 1. The van der Waals surface area contributed by atoms with E-state index in [-0.39, 0.29) is 12.3 Å². The van der Waals surface area contributed by atoms with E-state index in [1.54, 1.807) is 22.8 Å². The molecule has 0 amide bonds. The predicted octanol–water partition coefficient (Wildman–Crippen LogP) is 5.08. The maximum absolute atomic E-state index is 12.8. The lowest BCUT2D eigenvalue weighted by Crippen LogP contribution is -2.27. The summed E-state index contributed by atoms with van der Waals surface area (Å²) in [6.07, 6.45) is 1.80. The number of ketones is 1. The van der Waals surface area contributed by atoms with Crippen LogP contribution < -0.4 is 5.62 Å². The molecule has 0 saturated heterocycles. The van der Waals surface area contributed by atoms with Crippen LogP contribution in [-0.4, -0.2) is 14.9 Å². The molecule has 136 valence electrons. The molecular weight excluding hydrogens is 369 g/mol. The maximum atomic E-state index is 12.8. The van der Waals surface area contributed by atoms with Crippen molar-refractivity contribution >= 4 is 40.0 Å². The Morgan fingerprint density at radius 2 is 1.88 bits per heavy atom. The Bertz CT molecular complexity index is 1030. The third-order valence-electron chi connectivity index (χ3n) is 4.53. The first-order valence-corrected chi connectivity index (χ1v) is 9.47. The van der Waals surface area contributed by atoms with Crippen molar-refractivity contribution in [1.82, 2.24) is 9.13 Å². The number of carbonyl (C=O) groups excluding carboxylic acids is 1. The second kappa shape index (κ2) is 7.68. The molecule has 1 N–H and O–H groups in total. The number of aryl methyl sites for hydroxylation is 2. The van der Waals surface area contributed by atoms with Gasteiger partial charge in [0, 0.05) is 17.1 Å². The molecule has 0 bridgehead atoms. The number of aromatic nitrogens is 2. The van der Waals surface area contributed by atoms with Crippen molar-refractivity contribution in [3.8, 4) is 0 Å². The predicted molar refractivity (Wildman–Crippen MR) is 106 cm³/mol. The highest BCUT2D eigenvalue weighted by molar-refractivity contribution is 6.36. The molecule has 0 aliphatic heterocycles. The second-order valence-corrected chi connectivity index (χ2v) is 7.09. The molecule has 3 aromatic rings. The van der Waals surface area contributed by atoms with E-state index >= 15 is 0 Å². The first kappa shape index (κ1) is 18.7.